The summed E-state index contributed by atoms with van der Waals surface area (Å²) in [5.74, 6) is -0.104. The molecule has 0 unspecified atom stereocenters. The van der Waals surface area contributed by atoms with Gasteiger partial charge in [-0.05, 0) is 39.8 Å². The van der Waals surface area contributed by atoms with E-state index in [0.717, 1.165) is 6.07 Å². The van der Waals surface area contributed by atoms with Crippen molar-refractivity contribution < 1.29 is 13.2 Å². The molecule has 0 saturated carbocycles. The average Bonchev–Trinajstić information content (AvgIpc) is 2.33. The Morgan fingerprint density at radius 2 is 1.80 bits per heavy atom. The largest absolute Gasteiger partial charge is 0.419 e. The molecule has 0 aromatic carbocycles. The first-order valence-corrected chi connectivity index (χ1v) is 6.75. The van der Waals surface area contributed by atoms with Crippen LogP contribution in [-0.2, 0) is 6.18 Å². The van der Waals surface area contributed by atoms with Crippen LogP contribution in [0, 0.1) is 0 Å². The molecule has 1 N–H and O–H groups in total. The fraction of sp³-hybridized carbons (Fsp3) is 0.643. The second-order valence-corrected chi connectivity index (χ2v) is 5.25. The maximum absolute atomic E-state index is 12.8. The summed E-state index contributed by atoms with van der Waals surface area (Å²) in [6, 6.07) is 3.03. The van der Waals surface area contributed by atoms with Crippen molar-refractivity contribution in [2.45, 2.75) is 46.0 Å². The van der Waals surface area contributed by atoms with Gasteiger partial charge in [-0.3, -0.25) is 4.90 Å². The average molecular weight is 289 g/mol. The molecule has 6 heteroatoms. The normalized spacial score (nSPS) is 12.5. The Labute approximate surface area is 118 Å². The van der Waals surface area contributed by atoms with Gasteiger partial charge in [-0.25, -0.2) is 4.98 Å². The highest BCUT2D eigenvalue weighted by molar-refractivity contribution is 5.45. The lowest BCUT2D eigenvalue weighted by Gasteiger charge is -2.30. The van der Waals surface area contributed by atoms with Crippen molar-refractivity contribution in [2.75, 3.05) is 18.4 Å². The Morgan fingerprint density at radius 3 is 2.30 bits per heavy atom. The second-order valence-electron chi connectivity index (χ2n) is 5.25. The number of rotatable bonds is 6. The van der Waals surface area contributed by atoms with Gasteiger partial charge in [0.2, 0.25) is 0 Å². The summed E-state index contributed by atoms with van der Waals surface area (Å²) in [6.45, 7) is 9.38. The van der Waals surface area contributed by atoms with E-state index in [9.17, 15) is 13.2 Å². The first-order valence-electron chi connectivity index (χ1n) is 6.75. The van der Waals surface area contributed by atoms with Gasteiger partial charge in [-0.15, -0.1) is 0 Å². The molecule has 1 aromatic rings. The molecular weight excluding hydrogens is 267 g/mol. The van der Waals surface area contributed by atoms with Crippen molar-refractivity contribution in [1.82, 2.24) is 9.88 Å². The van der Waals surface area contributed by atoms with Gasteiger partial charge in [-0.1, -0.05) is 0 Å². The summed E-state index contributed by atoms with van der Waals surface area (Å²) in [4.78, 5) is 5.99. The van der Waals surface area contributed by atoms with Crippen LogP contribution in [0.1, 0.15) is 33.3 Å². The van der Waals surface area contributed by atoms with E-state index in [2.05, 4.69) is 42.9 Å². The van der Waals surface area contributed by atoms with E-state index in [0.29, 0.717) is 25.2 Å². The molecule has 0 aliphatic heterocycles. The third-order valence-electron chi connectivity index (χ3n) is 3.10. The molecule has 1 heterocycles. The van der Waals surface area contributed by atoms with Crippen molar-refractivity contribution in [1.29, 1.82) is 0 Å². The van der Waals surface area contributed by atoms with Crippen LogP contribution in [0.25, 0.3) is 0 Å². The van der Waals surface area contributed by atoms with Crippen LogP contribution in [0.2, 0.25) is 0 Å². The van der Waals surface area contributed by atoms with E-state index in [1.807, 2.05) is 0 Å². The van der Waals surface area contributed by atoms with Gasteiger partial charge in [-0.2, -0.15) is 13.2 Å². The van der Waals surface area contributed by atoms with Gasteiger partial charge in [0.1, 0.15) is 5.82 Å². The summed E-state index contributed by atoms with van der Waals surface area (Å²) >= 11 is 0. The van der Waals surface area contributed by atoms with Gasteiger partial charge in [0.05, 0.1) is 5.56 Å². The summed E-state index contributed by atoms with van der Waals surface area (Å²) in [6.07, 6.45) is -3.02. The van der Waals surface area contributed by atoms with Gasteiger partial charge < -0.3 is 5.32 Å². The van der Waals surface area contributed by atoms with E-state index < -0.39 is 11.7 Å². The highest BCUT2D eigenvalue weighted by Gasteiger charge is 2.33. The van der Waals surface area contributed by atoms with E-state index in [4.69, 9.17) is 0 Å². The molecule has 0 radical (unpaired) electrons. The minimum absolute atomic E-state index is 0.104. The van der Waals surface area contributed by atoms with E-state index in [1.54, 1.807) is 0 Å². The van der Waals surface area contributed by atoms with Crippen LogP contribution >= 0.6 is 0 Å². The van der Waals surface area contributed by atoms with E-state index in [-0.39, 0.29) is 5.82 Å². The zero-order valence-corrected chi connectivity index (χ0v) is 12.3. The van der Waals surface area contributed by atoms with Gasteiger partial charge in [0, 0.05) is 31.4 Å². The molecule has 1 aromatic heterocycles. The summed E-state index contributed by atoms with van der Waals surface area (Å²) in [5, 5.41) is 2.79. The molecule has 0 bridgehead atoms. The standard InChI is InChI=1S/C14H22F3N3/c1-10(2)20(11(3)4)9-8-19-13-12(14(15,16)17)6-5-7-18-13/h5-7,10-11H,8-9H2,1-4H3,(H,18,19). The maximum Gasteiger partial charge on any atom is 0.419 e. The molecule has 1 rings (SSSR count). The SMILES string of the molecule is CC(C)N(CCNc1ncccc1C(F)(F)F)C(C)C. The Balaban J connectivity index is 2.67. The van der Waals surface area contributed by atoms with Crippen LogP contribution in [0.4, 0.5) is 19.0 Å². The first-order chi connectivity index (χ1) is 9.23. The van der Waals surface area contributed by atoms with Crippen molar-refractivity contribution >= 4 is 5.82 Å². The van der Waals surface area contributed by atoms with Crippen LogP contribution in [0.5, 0.6) is 0 Å². The third kappa shape index (κ3) is 4.67. The van der Waals surface area contributed by atoms with Gasteiger partial charge in [0.25, 0.3) is 0 Å². The Morgan fingerprint density at radius 1 is 1.20 bits per heavy atom. The van der Waals surface area contributed by atoms with E-state index in [1.165, 1.54) is 12.3 Å². The Bertz CT molecular complexity index is 408. The summed E-state index contributed by atoms with van der Waals surface area (Å²) in [7, 11) is 0. The Kier molecular flexibility index (Phi) is 5.80. The number of nitrogens with zero attached hydrogens (tertiary/aromatic N) is 2. The zero-order chi connectivity index (χ0) is 15.3. The second kappa shape index (κ2) is 6.92. The molecule has 0 amide bonds. The fourth-order valence-electron chi connectivity index (χ4n) is 2.19. The van der Waals surface area contributed by atoms with Crippen molar-refractivity contribution in [3.63, 3.8) is 0 Å². The number of nitrogens with one attached hydrogen (secondary N) is 1. The molecule has 0 fully saturated rings. The molecule has 0 saturated heterocycles. The van der Waals surface area contributed by atoms with Crippen LogP contribution < -0.4 is 5.32 Å². The minimum Gasteiger partial charge on any atom is -0.368 e. The molecule has 3 nitrogen and oxygen atoms in total. The van der Waals surface area contributed by atoms with Crippen molar-refractivity contribution in [3.05, 3.63) is 23.9 Å². The molecule has 114 valence electrons. The van der Waals surface area contributed by atoms with E-state index >= 15 is 0 Å². The number of pyridine rings is 1. The highest BCUT2D eigenvalue weighted by Crippen LogP contribution is 2.33. The lowest BCUT2D eigenvalue weighted by atomic mass is 10.2. The number of hydrogen-bond acceptors (Lipinski definition) is 3. The third-order valence-corrected chi connectivity index (χ3v) is 3.10. The molecule has 0 atom stereocenters. The molecule has 0 aliphatic rings. The van der Waals surface area contributed by atoms with Crippen LogP contribution in [-0.4, -0.2) is 35.1 Å². The molecular formula is C14H22F3N3. The molecule has 0 spiro atoms. The number of alkyl halides is 3. The van der Waals surface area contributed by atoms with Crippen LogP contribution in [0.3, 0.4) is 0 Å². The summed E-state index contributed by atoms with van der Waals surface area (Å²) in [5.41, 5.74) is -0.722. The monoisotopic (exact) mass is 289 g/mol. The van der Waals surface area contributed by atoms with Gasteiger partial charge >= 0.3 is 6.18 Å². The highest BCUT2D eigenvalue weighted by atomic mass is 19.4. The Hall–Kier alpha value is -1.30. The number of hydrogen-bond donors (Lipinski definition) is 1. The minimum atomic E-state index is -4.38. The first kappa shape index (κ1) is 16.8. The van der Waals surface area contributed by atoms with Crippen molar-refractivity contribution in [3.8, 4) is 0 Å². The van der Waals surface area contributed by atoms with Crippen LogP contribution in [0.15, 0.2) is 18.3 Å². The predicted molar refractivity (Wildman–Crippen MR) is 74.7 cm³/mol. The quantitative estimate of drug-likeness (QED) is 0.866. The smallest absolute Gasteiger partial charge is 0.368 e. The zero-order valence-electron chi connectivity index (χ0n) is 12.3. The lowest BCUT2D eigenvalue weighted by molar-refractivity contribution is -0.137. The number of aromatic nitrogens is 1. The summed E-state index contributed by atoms with van der Waals surface area (Å²) < 4.78 is 38.4. The predicted octanol–water partition coefficient (Wildman–Crippen LogP) is 3.63. The molecule has 0 aliphatic carbocycles. The maximum atomic E-state index is 12.8. The number of anilines is 1. The van der Waals surface area contributed by atoms with Crippen molar-refractivity contribution in [2.24, 2.45) is 0 Å². The number of halogens is 3. The topological polar surface area (TPSA) is 28.2 Å². The fourth-order valence-corrected chi connectivity index (χ4v) is 2.19. The van der Waals surface area contributed by atoms with Gasteiger partial charge in [0.15, 0.2) is 0 Å². The lowest BCUT2D eigenvalue weighted by Crippen LogP contribution is -2.40. The molecule has 20 heavy (non-hydrogen) atoms.